The summed E-state index contributed by atoms with van der Waals surface area (Å²) in [7, 11) is 6.34. The lowest BCUT2D eigenvalue weighted by molar-refractivity contribution is -0.146. The van der Waals surface area contributed by atoms with Gasteiger partial charge in [0.05, 0.1) is 7.11 Å². The molecule has 0 fully saturated rings. The van der Waals surface area contributed by atoms with Crippen LogP contribution in [0, 0.1) is 0 Å². The molecule has 41 heavy (non-hydrogen) atoms. The van der Waals surface area contributed by atoms with E-state index in [1.165, 1.54) is 15.9 Å². The second kappa shape index (κ2) is 13.9. The highest BCUT2D eigenvalue weighted by molar-refractivity contribution is 5.95. The van der Waals surface area contributed by atoms with E-state index in [1.54, 1.807) is 34.3 Å². The summed E-state index contributed by atoms with van der Waals surface area (Å²) in [4.78, 5) is 43.4. The van der Waals surface area contributed by atoms with E-state index in [9.17, 15) is 14.4 Å². The highest BCUT2D eigenvalue weighted by atomic mass is 16.5. The van der Waals surface area contributed by atoms with Crippen molar-refractivity contribution >= 4 is 28.5 Å². The number of nitrogens with one attached hydrogen (secondary N) is 1. The molecule has 0 aliphatic carbocycles. The van der Waals surface area contributed by atoms with Gasteiger partial charge < -0.3 is 25.6 Å². The molecule has 3 amide bonds. The van der Waals surface area contributed by atoms with Crippen molar-refractivity contribution < 1.29 is 19.1 Å². The van der Waals surface area contributed by atoms with Crippen LogP contribution in [0.4, 0.5) is 0 Å². The monoisotopic (exact) mass is 558 g/mol. The zero-order valence-electron chi connectivity index (χ0n) is 24.9. The van der Waals surface area contributed by atoms with Gasteiger partial charge in [0.2, 0.25) is 17.7 Å². The summed E-state index contributed by atoms with van der Waals surface area (Å²) in [6, 6.07) is 19.7. The Kier molecular flexibility index (Phi) is 10.7. The summed E-state index contributed by atoms with van der Waals surface area (Å²) in [5.74, 6) is -0.335. The molecule has 3 aromatic carbocycles. The summed E-state index contributed by atoms with van der Waals surface area (Å²) < 4.78 is 5.49. The lowest BCUT2D eigenvalue weighted by atomic mass is 9.98. The molecule has 218 valence electrons. The minimum Gasteiger partial charge on any atom is -0.496 e. The first-order valence-electron chi connectivity index (χ1n) is 13.7. The largest absolute Gasteiger partial charge is 0.496 e. The molecule has 8 nitrogen and oxygen atoms in total. The van der Waals surface area contributed by atoms with Crippen LogP contribution in [-0.4, -0.2) is 73.4 Å². The maximum absolute atomic E-state index is 14.2. The first kappa shape index (κ1) is 31.4. The third-order valence-corrected chi connectivity index (χ3v) is 7.22. The highest BCUT2D eigenvalue weighted by Gasteiger charge is 2.35. The fraction of sp³-hybridized carbons (Fsp3) is 0.364. The highest BCUT2D eigenvalue weighted by Crippen LogP contribution is 2.23. The number of carbonyl (C=O) groups is 3. The minimum atomic E-state index is -0.853. The van der Waals surface area contributed by atoms with Crippen molar-refractivity contribution in [3.63, 3.8) is 0 Å². The average molecular weight is 559 g/mol. The van der Waals surface area contributed by atoms with Crippen molar-refractivity contribution in [1.82, 2.24) is 15.1 Å². The van der Waals surface area contributed by atoms with Gasteiger partial charge in [0.25, 0.3) is 0 Å². The number of benzene rings is 3. The van der Waals surface area contributed by atoms with Gasteiger partial charge in [-0.05, 0) is 54.3 Å². The molecule has 8 heteroatoms. The summed E-state index contributed by atoms with van der Waals surface area (Å²) in [5, 5.41) is 4.82. The molecular formula is C33H42N4O4. The quantitative estimate of drug-likeness (QED) is 0.330. The Labute approximate surface area is 243 Å². The van der Waals surface area contributed by atoms with Crippen LogP contribution in [-0.2, 0) is 27.2 Å². The van der Waals surface area contributed by atoms with Gasteiger partial charge in [-0.1, -0.05) is 66.7 Å². The maximum atomic E-state index is 14.2. The molecule has 0 bridgehead atoms. The smallest absolute Gasteiger partial charge is 0.246 e. The fourth-order valence-corrected chi connectivity index (χ4v) is 4.75. The third kappa shape index (κ3) is 8.41. The van der Waals surface area contributed by atoms with E-state index < -0.39 is 17.6 Å². The molecule has 3 N–H and O–H groups in total. The lowest BCUT2D eigenvalue weighted by Crippen LogP contribution is -2.55. The molecule has 0 aliphatic rings. The van der Waals surface area contributed by atoms with Crippen molar-refractivity contribution in [2.45, 2.75) is 50.7 Å². The van der Waals surface area contributed by atoms with Gasteiger partial charge in [-0.25, -0.2) is 0 Å². The zero-order valence-corrected chi connectivity index (χ0v) is 24.9. The number of likely N-dealkylation sites (N-methyl/N-ethyl adjacent to an activating group) is 3. The van der Waals surface area contributed by atoms with Crippen molar-refractivity contribution in [3.05, 3.63) is 90.0 Å². The third-order valence-electron chi connectivity index (χ3n) is 7.22. The molecule has 0 saturated carbocycles. The number of methoxy groups -OCH3 is 1. The van der Waals surface area contributed by atoms with Crippen LogP contribution >= 0.6 is 0 Å². The number of ether oxygens (including phenoxy) is 1. The van der Waals surface area contributed by atoms with Gasteiger partial charge in [0.15, 0.2) is 0 Å². The summed E-state index contributed by atoms with van der Waals surface area (Å²) in [6.45, 7) is 3.76. The minimum absolute atomic E-state index is 0.248. The predicted molar refractivity (Wildman–Crippen MR) is 164 cm³/mol. The van der Waals surface area contributed by atoms with Crippen molar-refractivity contribution in [2.75, 3.05) is 28.3 Å². The summed E-state index contributed by atoms with van der Waals surface area (Å²) in [6.07, 6.45) is 4.22. The molecule has 0 unspecified atom stereocenters. The van der Waals surface area contributed by atoms with E-state index >= 15 is 0 Å². The van der Waals surface area contributed by atoms with Crippen LogP contribution < -0.4 is 15.8 Å². The SMILES string of the molecule is CNC(=O)[C@@H](Cc1ccccc1OC)N(C)C(=O)[C@@H](Cc1ccc2ccccc2c1)N(C)C(=O)C=CCC(C)(C)N. The Morgan fingerprint density at radius 3 is 2.24 bits per heavy atom. The van der Waals surface area contributed by atoms with Gasteiger partial charge in [-0.15, -0.1) is 0 Å². The van der Waals surface area contributed by atoms with Crippen LogP contribution in [0.25, 0.3) is 10.8 Å². The molecule has 0 radical (unpaired) electrons. The van der Waals surface area contributed by atoms with Crippen LogP contribution in [0.5, 0.6) is 5.75 Å². The number of nitrogens with two attached hydrogens (primary N) is 1. The summed E-state index contributed by atoms with van der Waals surface area (Å²) in [5.41, 5.74) is 7.31. The molecule has 0 aromatic heterocycles. The van der Waals surface area contributed by atoms with E-state index in [-0.39, 0.29) is 30.6 Å². The first-order chi connectivity index (χ1) is 19.4. The fourth-order valence-electron chi connectivity index (χ4n) is 4.75. The van der Waals surface area contributed by atoms with E-state index in [0.29, 0.717) is 12.2 Å². The number of rotatable bonds is 12. The van der Waals surface area contributed by atoms with Crippen LogP contribution in [0.1, 0.15) is 31.4 Å². The molecule has 3 aromatic rings. The van der Waals surface area contributed by atoms with Crippen molar-refractivity contribution in [3.8, 4) is 5.75 Å². The maximum Gasteiger partial charge on any atom is 0.246 e. The Bertz CT molecular complexity index is 1400. The molecule has 0 saturated heterocycles. The second-order valence-corrected chi connectivity index (χ2v) is 11.0. The molecule has 0 heterocycles. The summed E-state index contributed by atoms with van der Waals surface area (Å²) >= 11 is 0. The number of hydrogen-bond acceptors (Lipinski definition) is 5. The van der Waals surface area contributed by atoms with Crippen molar-refractivity contribution in [1.29, 1.82) is 0 Å². The number of amides is 3. The predicted octanol–water partition coefficient (Wildman–Crippen LogP) is 3.72. The van der Waals surface area contributed by atoms with E-state index in [2.05, 4.69) is 5.32 Å². The average Bonchev–Trinajstić information content (AvgIpc) is 2.96. The Balaban J connectivity index is 1.96. The standard InChI is InChI=1S/C33H42N4O4/c1-33(2,34)19-11-16-30(38)36(4)28(21-23-17-18-24-12-7-8-13-25(24)20-23)32(40)37(5)27(31(39)35-3)22-26-14-9-10-15-29(26)41-6/h7-18,20,27-28H,19,21-22,34H2,1-6H3,(H,35,39)/t27-,28-/m1/s1. The number of fused-ring (bicyclic) bond motifs is 1. The van der Waals surface area contributed by atoms with E-state index in [4.69, 9.17) is 10.5 Å². The van der Waals surface area contributed by atoms with E-state index in [1.807, 2.05) is 80.6 Å². The normalized spacial score (nSPS) is 13.0. The van der Waals surface area contributed by atoms with Gasteiger partial charge in [0.1, 0.15) is 17.8 Å². The number of hydrogen-bond donors (Lipinski definition) is 2. The number of carbonyl (C=O) groups excluding carboxylic acids is 3. The second-order valence-electron chi connectivity index (χ2n) is 11.0. The zero-order chi connectivity index (χ0) is 30.2. The Morgan fingerprint density at radius 2 is 1.59 bits per heavy atom. The number of nitrogens with zero attached hydrogens (tertiary/aromatic N) is 2. The van der Waals surface area contributed by atoms with E-state index in [0.717, 1.165) is 21.9 Å². The molecule has 3 rings (SSSR count). The molecular weight excluding hydrogens is 516 g/mol. The van der Waals surface area contributed by atoms with Crippen LogP contribution in [0.2, 0.25) is 0 Å². The van der Waals surface area contributed by atoms with Crippen LogP contribution in [0.3, 0.4) is 0 Å². The molecule has 0 spiro atoms. The van der Waals surface area contributed by atoms with Gasteiger partial charge in [0, 0.05) is 39.5 Å². The topological polar surface area (TPSA) is 105 Å². The lowest BCUT2D eigenvalue weighted by Gasteiger charge is -2.34. The number of para-hydroxylation sites is 1. The Hall–Kier alpha value is -4.17. The first-order valence-corrected chi connectivity index (χ1v) is 13.7. The Morgan fingerprint density at radius 1 is 0.927 bits per heavy atom. The van der Waals surface area contributed by atoms with Gasteiger partial charge >= 0.3 is 0 Å². The molecule has 0 aliphatic heterocycles. The molecule has 2 atom stereocenters. The van der Waals surface area contributed by atoms with Crippen molar-refractivity contribution in [2.24, 2.45) is 5.73 Å². The van der Waals surface area contributed by atoms with Gasteiger partial charge in [-0.3, -0.25) is 14.4 Å². The van der Waals surface area contributed by atoms with Crippen LogP contribution in [0.15, 0.2) is 78.9 Å². The van der Waals surface area contributed by atoms with Gasteiger partial charge in [-0.2, -0.15) is 0 Å².